The second-order valence-corrected chi connectivity index (χ2v) is 5.13. The van der Waals surface area contributed by atoms with Gasteiger partial charge in [0.1, 0.15) is 0 Å². The SMILES string of the molecule is C#CCN(CC)S(=O)(=O)NCC(C)C. The molecule has 0 saturated carbocycles. The summed E-state index contributed by atoms with van der Waals surface area (Å²) in [5, 5.41) is 0. The van der Waals surface area contributed by atoms with E-state index in [0.717, 1.165) is 0 Å². The maximum Gasteiger partial charge on any atom is 0.280 e. The van der Waals surface area contributed by atoms with E-state index in [-0.39, 0.29) is 12.5 Å². The van der Waals surface area contributed by atoms with Crippen molar-refractivity contribution < 1.29 is 8.42 Å². The molecule has 0 aromatic rings. The monoisotopic (exact) mass is 218 g/mol. The summed E-state index contributed by atoms with van der Waals surface area (Å²) < 4.78 is 26.9. The lowest BCUT2D eigenvalue weighted by Gasteiger charge is -2.18. The zero-order valence-electron chi connectivity index (χ0n) is 8.95. The van der Waals surface area contributed by atoms with Gasteiger partial charge in [0, 0.05) is 13.1 Å². The lowest BCUT2D eigenvalue weighted by Crippen LogP contribution is -2.42. The lowest BCUT2D eigenvalue weighted by molar-refractivity contribution is 0.447. The van der Waals surface area contributed by atoms with Crippen LogP contribution in [0.1, 0.15) is 20.8 Å². The average molecular weight is 218 g/mol. The molecule has 5 heteroatoms. The first kappa shape index (κ1) is 13.4. The molecule has 0 unspecified atom stereocenters. The second-order valence-electron chi connectivity index (χ2n) is 3.38. The summed E-state index contributed by atoms with van der Waals surface area (Å²) in [5.74, 6) is 2.61. The third-order valence-electron chi connectivity index (χ3n) is 1.63. The molecule has 0 rings (SSSR count). The fourth-order valence-corrected chi connectivity index (χ4v) is 2.14. The zero-order valence-corrected chi connectivity index (χ0v) is 9.76. The minimum Gasteiger partial charge on any atom is -0.202 e. The van der Waals surface area contributed by atoms with Gasteiger partial charge >= 0.3 is 0 Å². The molecule has 0 amide bonds. The molecule has 14 heavy (non-hydrogen) atoms. The highest BCUT2D eigenvalue weighted by Gasteiger charge is 2.18. The highest BCUT2D eigenvalue weighted by molar-refractivity contribution is 7.87. The fourth-order valence-electron chi connectivity index (χ4n) is 0.832. The zero-order chi connectivity index (χ0) is 11.2. The fraction of sp³-hybridized carbons (Fsp3) is 0.778. The lowest BCUT2D eigenvalue weighted by atomic mass is 10.2. The van der Waals surface area contributed by atoms with Gasteiger partial charge in [-0.1, -0.05) is 26.7 Å². The predicted molar refractivity (Wildman–Crippen MR) is 57.8 cm³/mol. The Kier molecular flexibility index (Phi) is 5.77. The smallest absolute Gasteiger partial charge is 0.202 e. The number of hydrogen-bond acceptors (Lipinski definition) is 2. The van der Waals surface area contributed by atoms with Crippen LogP contribution in [-0.2, 0) is 10.2 Å². The molecule has 0 heterocycles. The minimum absolute atomic E-state index is 0.115. The largest absolute Gasteiger partial charge is 0.280 e. The molecular formula is C9H18N2O2S. The second kappa shape index (κ2) is 6.02. The van der Waals surface area contributed by atoms with Gasteiger partial charge in [-0.05, 0) is 5.92 Å². The van der Waals surface area contributed by atoms with Gasteiger partial charge in [-0.25, -0.2) is 4.72 Å². The molecule has 0 saturated heterocycles. The van der Waals surface area contributed by atoms with Crippen LogP contribution in [0.25, 0.3) is 0 Å². The van der Waals surface area contributed by atoms with Crippen LogP contribution in [0, 0.1) is 18.3 Å². The van der Waals surface area contributed by atoms with E-state index < -0.39 is 10.2 Å². The van der Waals surface area contributed by atoms with Crippen molar-refractivity contribution in [2.24, 2.45) is 5.92 Å². The van der Waals surface area contributed by atoms with E-state index in [2.05, 4.69) is 10.6 Å². The van der Waals surface area contributed by atoms with Gasteiger partial charge in [-0.3, -0.25) is 0 Å². The third kappa shape index (κ3) is 4.61. The summed E-state index contributed by atoms with van der Waals surface area (Å²) in [7, 11) is -3.39. The molecular weight excluding hydrogens is 200 g/mol. The number of rotatable bonds is 6. The minimum atomic E-state index is -3.39. The van der Waals surface area contributed by atoms with Gasteiger partial charge in [0.2, 0.25) is 0 Å². The Morgan fingerprint density at radius 3 is 2.43 bits per heavy atom. The van der Waals surface area contributed by atoms with Crippen LogP contribution < -0.4 is 4.72 Å². The molecule has 0 aromatic carbocycles. The van der Waals surface area contributed by atoms with Gasteiger partial charge in [0.25, 0.3) is 10.2 Å². The van der Waals surface area contributed by atoms with Crippen molar-refractivity contribution in [3.63, 3.8) is 0 Å². The van der Waals surface area contributed by atoms with E-state index in [9.17, 15) is 8.42 Å². The first-order chi connectivity index (χ1) is 6.44. The maximum atomic E-state index is 11.6. The highest BCUT2D eigenvalue weighted by Crippen LogP contribution is 1.98. The third-order valence-corrected chi connectivity index (χ3v) is 3.23. The van der Waals surface area contributed by atoms with E-state index in [1.165, 1.54) is 4.31 Å². The molecule has 0 aliphatic heterocycles. The normalized spacial score (nSPS) is 12.0. The molecule has 0 atom stereocenters. The van der Waals surface area contributed by atoms with Crippen LogP contribution in [0.4, 0.5) is 0 Å². The van der Waals surface area contributed by atoms with Crippen molar-refractivity contribution in [3.05, 3.63) is 0 Å². The number of nitrogens with one attached hydrogen (secondary N) is 1. The summed E-state index contributed by atoms with van der Waals surface area (Å²) in [6.45, 7) is 6.58. The summed E-state index contributed by atoms with van der Waals surface area (Å²) >= 11 is 0. The van der Waals surface area contributed by atoms with E-state index in [0.29, 0.717) is 13.1 Å². The molecule has 0 radical (unpaired) electrons. The van der Waals surface area contributed by atoms with E-state index in [1.54, 1.807) is 6.92 Å². The summed E-state index contributed by atoms with van der Waals surface area (Å²) in [6, 6.07) is 0. The Hall–Kier alpha value is -0.570. The molecule has 82 valence electrons. The Labute approximate surface area is 86.9 Å². The van der Waals surface area contributed by atoms with Crippen LogP contribution in [0.2, 0.25) is 0 Å². The van der Waals surface area contributed by atoms with Gasteiger partial charge in [-0.15, -0.1) is 6.42 Å². The average Bonchev–Trinajstić information content (AvgIpc) is 2.11. The van der Waals surface area contributed by atoms with Crippen molar-refractivity contribution >= 4 is 10.2 Å². The van der Waals surface area contributed by atoms with Crippen LogP contribution in [0.5, 0.6) is 0 Å². The molecule has 1 N–H and O–H groups in total. The Morgan fingerprint density at radius 1 is 1.50 bits per heavy atom. The van der Waals surface area contributed by atoms with E-state index >= 15 is 0 Å². The van der Waals surface area contributed by atoms with Crippen molar-refractivity contribution in [1.29, 1.82) is 0 Å². The predicted octanol–water partition coefficient (Wildman–Crippen LogP) is 0.432. The van der Waals surface area contributed by atoms with Gasteiger partial charge in [0.15, 0.2) is 0 Å². The molecule has 0 bridgehead atoms. The van der Waals surface area contributed by atoms with Crippen molar-refractivity contribution in [2.45, 2.75) is 20.8 Å². The molecule has 0 aliphatic rings. The van der Waals surface area contributed by atoms with Crippen LogP contribution >= 0.6 is 0 Å². The van der Waals surface area contributed by atoms with Gasteiger partial charge in [0.05, 0.1) is 6.54 Å². The Morgan fingerprint density at radius 2 is 2.07 bits per heavy atom. The molecule has 0 spiro atoms. The van der Waals surface area contributed by atoms with Gasteiger partial charge in [-0.2, -0.15) is 12.7 Å². The summed E-state index contributed by atoms with van der Waals surface area (Å²) in [5.41, 5.74) is 0. The van der Waals surface area contributed by atoms with Crippen molar-refractivity contribution in [1.82, 2.24) is 9.03 Å². The van der Waals surface area contributed by atoms with Crippen LogP contribution in [0.15, 0.2) is 0 Å². The molecule has 0 aliphatic carbocycles. The molecule has 0 aromatic heterocycles. The quantitative estimate of drug-likeness (QED) is 0.657. The van der Waals surface area contributed by atoms with Crippen LogP contribution in [0.3, 0.4) is 0 Å². The van der Waals surface area contributed by atoms with Crippen molar-refractivity contribution in [3.8, 4) is 12.3 Å². The van der Waals surface area contributed by atoms with E-state index in [4.69, 9.17) is 6.42 Å². The first-order valence-corrected chi connectivity index (χ1v) is 6.06. The molecule has 4 nitrogen and oxygen atoms in total. The Balaban J connectivity index is 4.36. The highest BCUT2D eigenvalue weighted by atomic mass is 32.2. The summed E-state index contributed by atoms with van der Waals surface area (Å²) in [4.78, 5) is 0. The van der Waals surface area contributed by atoms with Gasteiger partial charge < -0.3 is 0 Å². The Bertz CT molecular complexity index is 290. The maximum absolute atomic E-state index is 11.6. The van der Waals surface area contributed by atoms with Crippen molar-refractivity contribution in [2.75, 3.05) is 19.6 Å². The number of terminal acetylenes is 1. The number of nitrogens with zero attached hydrogens (tertiary/aromatic N) is 1. The number of hydrogen-bond donors (Lipinski definition) is 1. The topological polar surface area (TPSA) is 49.4 Å². The standard InChI is InChI=1S/C9H18N2O2S/c1-5-7-11(6-2)14(12,13)10-8-9(3)4/h1,9-10H,6-8H2,2-4H3. The summed E-state index contributed by atoms with van der Waals surface area (Å²) in [6.07, 6.45) is 5.07. The first-order valence-electron chi connectivity index (χ1n) is 4.62. The molecule has 0 fully saturated rings. The van der Waals surface area contributed by atoms with Crippen LogP contribution in [-0.4, -0.2) is 32.4 Å². The van der Waals surface area contributed by atoms with E-state index in [1.807, 2.05) is 13.8 Å².